The third-order valence-electron chi connectivity index (χ3n) is 4.15. The van der Waals surface area contributed by atoms with Crippen LogP contribution in [0.2, 0.25) is 5.28 Å². The number of halogens is 1. The number of rotatable bonds is 8. The van der Waals surface area contributed by atoms with Crippen LogP contribution < -0.4 is 10.9 Å². The van der Waals surface area contributed by atoms with Crippen LogP contribution in [0.1, 0.15) is 12.6 Å². The summed E-state index contributed by atoms with van der Waals surface area (Å²) in [5.74, 6) is 0.0898. The molecular formula is C17H19ClN6O4S. The molecule has 0 amide bonds. The molecule has 0 bridgehead atoms. The van der Waals surface area contributed by atoms with Crippen molar-refractivity contribution in [1.82, 2.24) is 24.5 Å². The lowest BCUT2D eigenvalue weighted by Crippen LogP contribution is -2.27. The summed E-state index contributed by atoms with van der Waals surface area (Å²) in [5, 5.41) is 2.95. The van der Waals surface area contributed by atoms with Crippen LogP contribution in [-0.2, 0) is 27.7 Å². The van der Waals surface area contributed by atoms with E-state index in [0.29, 0.717) is 23.5 Å². The predicted octanol–water partition coefficient (Wildman–Crippen LogP) is 1.29. The van der Waals surface area contributed by atoms with Gasteiger partial charge in [-0.05, 0) is 23.7 Å². The van der Waals surface area contributed by atoms with Gasteiger partial charge in [0, 0.05) is 13.3 Å². The first-order chi connectivity index (χ1) is 13.9. The van der Waals surface area contributed by atoms with Crippen LogP contribution in [0.15, 0.2) is 34.2 Å². The normalized spacial score (nSPS) is 11.7. The fourth-order valence-corrected chi connectivity index (χ4v) is 3.51. The molecule has 3 aromatic rings. The zero-order valence-electron chi connectivity index (χ0n) is 15.8. The second kappa shape index (κ2) is 8.80. The molecule has 154 valence electrons. The Labute approximate surface area is 171 Å². The Hall–Kier alpha value is -2.63. The molecule has 0 unspecified atom stereocenters. The molecular weight excluding hydrogens is 420 g/mol. The van der Waals surface area contributed by atoms with Crippen molar-refractivity contribution in [1.29, 1.82) is 0 Å². The molecule has 0 aromatic carbocycles. The number of pyridine rings is 1. The summed E-state index contributed by atoms with van der Waals surface area (Å²) < 4.78 is 30.2. The molecule has 12 heteroatoms. The Morgan fingerprint density at radius 2 is 2.00 bits per heavy atom. The van der Waals surface area contributed by atoms with Crippen LogP contribution in [0.3, 0.4) is 0 Å². The molecule has 0 aliphatic carbocycles. The molecule has 3 heterocycles. The summed E-state index contributed by atoms with van der Waals surface area (Å²) in [4.78, 5) is 29.4. The minimum absolute atomic E-state index is 0.000387. The molecule has 0 atom stereocenters. The highest BCUT2D eigenvalue weighted by molar-refractivity contribution is 7.91. The van der Waals surface area contributed by atoms with E-state index in [1.54, 1.807) is 13.0 Å². The van der Waals surface area contributed by atoms with Crippen LogP contribution in [0, 0.1) is 0 Å². The van der Waals surface area contributed by atoms with Gasteiger partial charge in [-0.3, -0.25) is 14.3 Å². The summed E-state index contributed by atoms with van der Waals surface area (Å²) in [6.45, 7) is 2.31. The lowest BCUT2D eigenvalue weighted by Gasteiger charge is -2.12. The van der Waals surface area contributed by atoms with E-state index in [4.69, 9.17) is 16.3 Å². The SMILES string of the molecule is CCS(=O)(=O)c1ccc(CNc2nc3cnc(Cl)nc3n(CCOC)c2=O)nc1. The highest BCUT2D eigenvalue weighted by atomic mass is 35.5. The number of hydrogen-bond donors (Lipinski definition) is 1. The maximum Gasteiger partial charge on any atom is 0.295 e. The molecule has 29 heavy (non-hydrogen) atoms. The van der Waals surface area contributed by atoms with Crippen molar-refractivity contribution < 1.29 is 13.2 Å². The third-order valence-corrected chi connectivity index (χ3v) is 6.05. The number of hydrogen-bond acceptors (Lipinski definition) is 9. The summed E-state index contributed by atoms with van der Waals surface area (Å²) in [5.41, 5.74) is 0.862. The van der Waals surface area contributed by atoms with Crippen molar-refractivity contribution in [3.05, 3.63) is 45.9 Å². The first kappa shape index (κ1) is 21.1. The number of nitrogens with one attached hydrogen (secondary N) is 1. The summed E-state index contributed by atoms with van der Waals surface area (Å²) in [6, 6.07) is 3.08. The lowest BCUT2D eigenvalue weighted by atomic mass is 10.3. The number of anilines is 1. The maximum atomic E-state index is 12.8. The van der Waals surface area contributed by atoms with Crippen molar-refractivity contribution in [2.45, 2.75) is 24.9 Å². The van der Waals surface area contributed by atoms with Gasteiger partial charge in [0.05, 0.1) is 42.2 Å². The van der Waals surface area contributed by atoms with Crippen LogP contribution in [0.25, 0.3) is 11.2 Å². The molecule has 0 saturated carbocycles. The van der Waals surface area contributed by atoms with Gasteiger partial charge in [-0.15, -0.1) is 0 Å². The Morgan fingerprint density at radius 3 is 2.66 bits per heavy atom. The molecule has 3 aromatic heterocycles. The topological polar surface area (TPSA) is 129 Å². The van der Waals surface area contributed by atoms with Crippen LogP contribution in [0.5, 0.6) is 0 Å². The third kappa shape index (κ3) is 4.69. The van der Waals surface area contributed by atoms with Crippen molar-refractivity contribution >= 4 is 38.4 Å². The fourth-order valence-electron chi connectivity index (χ4n) is 2.56. The molecule has 10 nitrogen and oxygen atoms in total. The first-order valence-electron chi connectivity index (χ1n) is 8.69. The zero-order valence-corrected chi connectivity index (χ0v) is 17.4. The largest absolute Gasteiger partial charge is 0.383 e. The number of fused-ring (bicyclic) bond motifs is 1. The number of nitrogens with zero attached hydrogens (tertiary/aromatic N) is 5. The van der Waals surface area contributed by atoms with Gasteiger partial charge in [0.1, 0.15) is 5.52 Å². The zero-order chi connectivity index (χ0) is 21.0. The Kier molecular flexibility index (Phi) is 6.40. The Morgan fingerprint density at radius 1 is 1.21 bits per heavy atom. The molecule has 3 rings (SSSR count). The van der Waals surface area contributed by atoms with Gasteiger partial charge in [-0.2, -0.15) is 4.98 Å². The lowest BCUT2D eigenvalue weighted by molar-refractivity contribution is 0.187. The van der Waals surface area contributed by atoms with E-state index in [1.807, 2.05) is 0 Å². The molecule has 0 radical (unpaired) electrons. The molecule has 0 aliphatic heterocycles. The number of methoxy groups -OCH3 is 1. The molecule has 0 aliphatic rings. The number of ether oxygens (including phenoxy) is 1. The Bertz CT molecular complexity index is 1180. The Balaban J connectivity index is 1.89. The van der Waals surface area contributed by atoms with Gasteiger partial charge < -0.3 is 10.1 Å². The maximum absolute atomic E-state index is 12.8. The van der Waals surface area contributed by atoms with Crippen molar-refractivity contribution in [2.24, 2.45) is 0 Å². The van der Waals surface area contributed by atoms with Gasteiger partial charge in [0.2, 0.25) is 5.28 Å². The number of sulfone groups is 1. The highest BCUT2D eigenvalue weighted by Gasteiger charge is 2.14. The van der Waals surface area contributed by atoms with E-state index < -0.39 is 15.4 Å². The quantitative estimate of drug-likeness (QED) is 0.517. The van der Waals surface area contributed by atoms with Gasteiger partial charge in [0.25, 0.3) is 5.56 Å². The van der Waals surface area contributed by atoms with Gasteiger partial charge in [-0.1, -0.05) is 6.92 Å². The first-order valence-corrected chi connectivity index (χ1v) is 10.7. The second-order valence-electron chi connectivity index (χ2n) is 6.00. The average Bonchev–Trinajstić information content (AvgIpc) is 2.72. The minimum atomic E-state index is -3.32. The summed E-state index contributed by atoms with van der Waals surface area (Å²) >= 11 is 5.85. The molecule has 0 spiro atoms. The van der Waals surface area contributed by atoms with E-state index in [2.05, 4.69) is 25.3 Å². The van der Waals surface area contributed by atoms with Crippen LogP contribution in [0.4, 0.5) is 5.82 Å². The van der Waals surface area contributed by atoms with Gasteiger partial charge in [-0.25, -0.2) is 18.4 Å². The second-order valence-corrected chi connectivity index (χ2v) is 8.62. The average molecular weight is 439 g/mol. The van der Waals surface area contributed by atoms with Crippen molar-refractivity contribution in [2.75, 3.05) is 24.8 Å². The van der Waals surface area contributed by atoms with Crippen molar-refractivity contribution in [3.63, 3.8) is 0 Å². The monoisotopic (exact) mass is 438 g/mol. The minimum Gasteiger partial charge on any atom is -0.383 e. The van der Waals surface area contributed by atoms with E-state index in [9.17, 15) is 13.2 Å². The van der Waals surface area contributed by atoms with Crippen LogP contribution >= 0.6 is 11.6 Å². The highest BCUT2D eigenvalue weighted by Crippen LogP contribution is 2.13. The van der Waals surface area contributed by atoms with E-state index in [-0.39, 0.29) is 34.8 Å². The summed E-state index contributed by atoms with van der Waals surface area (Å²) in [6.07, 6.45) is 2.73. The van der Waals surface area contributed by atoms with Gasteiger partial charge in [0.15, 0.2) is 21.3 Å². The fraction of sp³-hybridized carbons (Fsp3) is 0.353. The van der Waals surface area contributed by atoms with Crippen molar-refractivity contribution in [3.8, 4) is 0 Å². The molecule has 0 fully saturated rings. The predicted molar refractivity (Wildman–Crippen MR) is 108 cm³/mol. The van der Waals surface area contributed by atoms with Gasteiger partial charge >= 0.3 is 0 Å². The molecule has 1 N–H and O–H groups in total. The smallest absolute Gasteiger partial charge is 0.295 e. The number of aromatic nitrogens is 5. The van der Waals surface area contributed by atoms with Crippen LogP contribution in [-0.4, -0.2) is 52.4 Å². The van der Waals surface area contributed by atoms with E-state index >= 15 is 0 Å². The van der Waals surface area contributed by atoms with E-state index in [1.165, 1.54) is 30.1 Å². The standard InChI is InChI=1S/C17H19ClN6O4S/c1-3-29(26,27)12-5-4-11(19-9-12)8-20-14-16(25)24(6-7-28-2)15-13(22-14)10-21-17(18)23-15/h4-5,9-10H,3,6-8H2,1-2H3,(H,20,22). The molecule has 0 saturated heterocycles. The van der Waals surface area contributed by atoms with E-state index in [0.717, 1.165) is 0 Å². The summed E-state index contributed by atoms with van der Waals surface area (Å²) in [7, 11) is -1.78.